The Morgan fingerprint density at radius 2 is 1.94 bits per heavy atom. The molecule has 188 valence electrons. The summed E-state index contributed by atoms with van der Waals surface area (Å²) < 4.78 is 19.8. The first-order chi connectivity index (χ1) is 17.4. The van der Waals surface area contributed by atoms with Gasteiger partial charge in [0.05, 0.1) is 12.8 Å². The first kappa shape index (κ1) is 25.5. The molecular weight excluding hydrogens is 479 g/mol. The number of aliphatic imine (C=N–C) groups is 1. The largest absolute Gasteiger partial charge is 0.497 e. The second kappa shape index (κ2) is 11.4. The molecule has 0 aliphatic carbocycles. The molecule has 3 aromatic rings. The molecule has 5 N–H and O–H groups in total. The molecule has 0 fully saturated rings. The zero-order chi connectivity index (χ0) is 25.7. The van der Waals surface area contributed by atoms with Crippen molar-refractivity contribution in [3.8, 4) is 17.0 Å². The Balaban J connectivity index is 1.61. The summed E-state index contributed by atoms with van der Waals surface area (Å²) in [5, 5.41) is 10.6. The average Bonchev–Trinajstić information content (AvgIpc) is 2.89. The zero-order valence-electron chi connectivity index (χ0n) is 20.5. The molecule has 7 nitrogen and oxygen atoms in total. The van der Waals surface area contributed by atoms with E-state index in [0.29, 0.717) is 35.3 Å². The van der Waals surface area contributed by atoms with Gasteiger partial charge in [-0.2, -0.15) is 0 Å². The molecule has 2 aromatic carbocycles. The van der Waals surface area contributed by atoms with Gasteiger partial charge in [0.25, 0.3) is 0 Å². The number of amidine groups is 1. The lowest BCUT2D eigenvalue weighted by Crippen LogP contribution is -2.38. The fourth-order valence-corrected chi connectivity index (χ4v) is 4.11. The minimum Gasteiger partial charge on any atom is -0.497 e. The minimum absolute atomic E-state index is 0.179. The van der Waals surface area contributed by atoms with Crippen LogP contribution in [0.5, 0.6) is 5.75 Å². The van der Waals surface area contributed by atoms with Gasteiger partial charge in [0.2, 0.25) is 0 Å². The highest BCUT2D eigenvalue weighted by molar-refractivity contribution is 6.30. The van der Waals surface area contributed by atoms with E-state index in [2.05, 4.69) is 39.8 Å². The number of benzene rings is 2. The third kappa shape index (κ3) is 5.78. The van der Waals surface area contributed by atoms with Crippen molar-refractivity contribution in [3.05, 3.63) is 88.1 Å². The molecule has 0 radical (unpaired) electrons. The van der Waals surface area contributed by atoms with Crippen LogP contribution in [-0.2, 0) is 6.54 Å². The lowest BCUT2D eigenvalue weighted by atomic mass is 10.0. The lowest BCUT2D eigenvalue weighted by molar-refractivity contribution is 0.414. The second-order valence-electron chi connectivity index (χ2n) is 8.66. The van der Waals surface area contributed by atoms with E-state index in [4.69, 9.17) is 22.1 Å². The van der Waals surface area contributed by atoms with Gasteiger partial charge >= 0.3 is 0 Å². The summed E-state index contributed by atoms with van der Waals surface area (Å²) >= 11 is 6.12. The Hall–Kier alpha value is -3.62. The lowest BCUT2D eigenvalue weighted by Gasteiger charge is -2.25. The maximum absolute atomic E-state index is 14.5. The van der Waals surface area contributed by atoms with Gasteiger partial charge in [-0.05, 0) is 53.4 Å². The van der Waals surface area contributed by atoms with Gasteiger partial charge in [0.15, 0.2) is 0 Å². The number of halogens is 2. The van der Waals surface area contributed by atoms with E-state index in [1.54, 1.807) is 19.4 Å². The molecule has 0 saturated heterocycles. The summed E-state index contributed by atoms with van der Waals surface area (Å²) in [6.07, 6.45) is 1.76. The molecule has 1 aromatic heterocycles. The van der Waals surface area contributed by atoms with Crippen LogP contribution >= 0.6 is 11.6 Å². The Bertz CT molecular complexity index is 1290. The van der Waals surface area contributed by atoms with Crippen molar-refractivity contribution in [2.45, 2.75) is 26.3 Å². The maximum atomic E-state index is 14.5. The van der Waals surface area contributed by atoms with Crippen LogP contribution in [0.15, 0.2) is 71.1 Å². The fourth-order valence-electron chi connectivity index (χ4n) is 3.94. The normalized spacial score (nSPS) is 13.4. The Labute approximate surface area is 215 Å². The number of nitrogens with one attached hydrogen (secondary N) is 3. The van der Waals surface area contributed by atoms with E-state index in [1.165, 1.54) is 12.1 Å². The van der Waals surface area contributed by atoms with Crippen LogP contribution in [0.2, 0.25) is 5.02 Å². The Kier molecular flexibility index (Phi) is 8.07. The van der Waals surface area contributed by atoms with Gasteiger partial charge < -0.3 is 26.4 Å². The quantitative estimate of drug-likeness (QED) is 0.342. The SMILES string of the molecule is COc1ccc(CNC2=C(CN)C(Nc3cc(-c4cc(Cl)ccc4F)ncc3C(C)C)=NCN2)cc1. The number of hydrogen-bond acceptors (Lipinski definition) is 7. The van der Waals surface area contributed by atoms with E-state index in [1.807, 2.05) is 30.3 Å². The molecule has 0 atom stereocenters. The molecular formula is C27H30ClFN6O. The number of nitrogens with two attached hydrogens (primary N) is 1. The van der Waals surface area contributed by atoms with Gasteiger partial charge in [-0.1, -0.05) is 37.6 Å². The standard InChI is InChI=1S/C27H30ClFN6O/c1-16(2)22-14-31-24(20-10-18(28)6-9-23(20)29)11-25(22)35-27-21(12-30)26(33-15-34-27)32-13-17-4-7-19(36-3)8-5-17/h4-11,14,16,32-33H,12-13,15,30H2,1-3H3,(H,31,34,35). The molecule has 0 unspecified atom stereocenters. The number of ether oxygens (including phenoxy) is 1. The summed E-state index contributed by atoms with van der Waals surface area (Å²) in [4.78, 5) is 9.13. The molecule has 36 heavy (non-hydrogen) atoms. The van der Waals surface area contributed by atoms with E-state index in [-0.39, 0.29) is 18.3 Å². The van der Waals surface area contributed by atoms with Crippen molar-refractivity contribution in [1.82, 2.24) is 15.6 Å². The molecule has 4 rings (SSSR count). The van der Waals surface area contributed by atoms with Gasteiger partial charge in [0, 0.05) is 41.1 Å². The Morgan fingerprint density at radius 3 is 2.64 bits per heavy atom. The van der Waals surface area contributed by atoms with E-state index in [9.17, 15) is 4.39 Å². The summed E-state index contributed by atoms with van der Waals surface area (Å²) in [7, 11) is 1.65. The third-order valence-corrected chi connectivity index (χ3v) is 6.16. The summed E-state index contributed by atoms with van der Waals surface area (Å²) in [6, 6.07) is 14.1. The van der Waals surface area contributed by atoms with Crippen LogP contribution in [0.4, 0.5) is 10.1 Å². The molecule has 2 heterocycles. The van der Waals surface area contributed by atoms with Gasteiger partial charge in [-0.15, -0.1) is 0 Å². The topological polar surface area (TPSA) is 96.6 Å². The number of hydrogen-bond donors (Lipinski definition) is 4. The van der Waals surface area contributed by atoms with Crippen molar-refractivity contribution in [1.29, 1.82) is 0 Å². The molecule has 0 amide bonds. The predicted molar refractivity (Wildman–Crippen MR) is 144 cm³/mol. The smallest absolute Gasteiger partial charge is 0.135 e. The number of pyridine rings is 1. The van der Waals surface area contributed by atoms with Crippen molar-refractivity contribution in [2.75, 3.05) is 25.6 Å². The fraction of sp³-hybridized carbons (Fsp3) is 0.259. The molecule has 1 aliphatic rings. The number of methoxy groups -OCH3 is 1. The van der Waals surface area contributed by atoms with Crippen LogP contribution in [0.25, 0.3) is 11.3 Å². The predicted octanol–water partition coefficient (Wildman–Crippen LogP) is 5.00. The van der Waals surface area contributed by atoms with Gasteiger partial charge in [-0.3, -0.25) is 4.98 Å². The van der Waals surface area contributed by atoms with Crippen LogP contribution in [0.1, 0.15) is 30.9 Å². The number of anilines is 1. The summed E-state index contributed by atoms with van der Waals surface area (Å²) in [6.45, 7) is 5.41. The number of aromatic nitrogens is 1. The molecule has 9 heteroatoms. The van der Waals surface area contributed by atoms with Crippen LogP contribution < -0.4 is 26.4 Å². The molecule has 0 bridgehead atoms. The summed E-state index contributed by atoms with van der Waals surface area (Å²) in [5.41, 5.74) is 10.6. The molecule has 1 aliphatic heterocycles. The van der Waals surface area contributed by atoms with Crippen molar-refractivity contribution in [3.63, 3.8) is 0 Å². The van der Waals surface area contributed by atoms with E-state index >= 15 is 0 Å². The second-order valence-corrected chi connectivity index (χ2v) is 9.10. The van der Waals surface area contributed by atoms with E-state index < -0.39 is 0 Å². The monoisotopic (exact) mass is 508 g/mol. The highest BCUT2D eigenvalue weighted by Crippen LogP contribution is 2.31. The highest BCUT2D eigenvalue weighted by Gasteiger charge is 2.20. The van der Waals surface area contributed by atoms with Gasteiger partial charge in [-0.25, -0.2) is 9.38 Å². The number of nitrogens with zero attached hydrogens (tertiary/aromatic N) is 2. The van der Waals surface area contributed by atoms with Crippen LogP contribution in [-0.4, -0.2) is 31.1 Å². The number of rotatable bonds is 8. The van der Waals surface area contributed by atoms with Crippen molar-refractivity contribution < 1.29 is 9.13 Å². The molecule has 0 saturated carbocycles. The van der Waals surface area contributed by atoms with Crippen molar-refractivity contribution in [2.24, 2.45) is 10.7 Å². The van der Waals surface area contributed by atoms with Crippen LogP contribution in [0, 0.1) is 5.82 Å². The first-order valence-corrected chi connectivity index (χ1v) is 12.1. The van der Waals surface area contributed by atoms with Crippen LogP contribution in [0.3, 0.4) is 0 Å². The Morgan fingerprint density at radius 1 is 1.17 bits per heavy atom. The van der Waals surface area contributed by atoms with E-state index in [0.717, 1.165) is 34.0 Å². The summed E-state index contributed by atoms with van der Waals surface area (Å²) in [5.74, 6) is 2.07. The highest BCUT2D eigenvalue weighted by atomic mass is 35.5. The first-order valence-electron chi connectivity index (χ1n) is 11.7. The van der Waals surface area contributed by atoms with Crippen molar-refractivity contribution >= 4 is 23.1 Å². The average molecular weight is 509 g/mol. The minimum atomic E-state index is -0.387. The zero-order valence-corrected chi connectivity index (χ0v) is 21.3. The third-order valence-electron chi connectivity index (χ3n) is 5.93. The van der Waals surface area contributed by atoms with Gasteiger partial charge in [0.1, 0.15) is 29.9 Å². The maximum Gasteiger partial charge on any atom is 0.135 e. The molecule has 0 spiro atoms.